The van der Waals surface area contributed by atoms with Crippen LogP contribution in [0.15, 0.2) is 94.6 Å². The minimum Gasteiger partial charge on any atom is -0.411 e. The molecule has 0 spiro atoms. The van der Waals surface area contributed by atoms with E-state index >= 15 is 0 Å². The Morgan fingerprint density at radius 2 is 1.48 bits per heavy atom. The molecule has 0 bridgehead atoms. The Morgan fingerprint density at radius 3 is 2.10 bits per heavy atom. The van der Waals surface area contributed by atoms with Gasteiger partial charge < -0.3 is 4.42 Å². The highest BCUT2D eigenvalue weighted by molar-refractivity contribution is 7.99. The third-order valence-electron chi connectivity index (χ3n) is 4.33. The molecule has 9 heteroatoms. The number of amides is 1. The predicted octanol–water partition coefficient (Wildman–Crippen LogP) is 5.10. The van der Waals surface area contributed by atoms with Crippen molar-refractivity contribution in [2.24, 2.45) is 0 Å². The van der Waals surface area contributed by atoms with E-state index in [1.165, 1.54) is 12.1 Å². The third-order valence-corrected chi connectivity index (χ3v) is 5.14. The van der Waals surface area contributed by atoms with Gasteiger partial charge in [0.1, 0.15) is 5.56 Å². The van der Waals surface area contributed by atoms with Gasteiger partial charge in [-0.3, -0.25) is 19.8 Å². The summed E-state index contributed by atoms with van der Waals surface area (Å²) in [4.78, 5) is 25.4. The number of rotatable bonds is 7. The summed E-state index contributed by atoms with van der Waals surface area (Å²) in [7, 11) is 0. The van der Waals surface area contributed by atoms with Crippen molar-refractivity contribution in [3.8, 4) is 11.5 Å². The van der Waals surface area contributed by atoms with Crippen molar-refractivity contribution in [3.05, 3.63) is 95.0 Å². The fourth-order valence-corrected chi connectivity index (χ4v) is 3.58. The van der Waals surface area contributed by atoms with Gasteiger partial charge in [-0.2, -0.15) is 0 Å². The maximum absolute atomic E-state index is 13.1. The van der Waals surface area contributed by atoms with Crippen LogP contribution in [0, 0.1) is 10.1 Å². The summed E-state index contributed by atoms with van der Waals surface area (Å²) in [6, 6.07) is 24.8. The first kappa shape index (κ1) is 20.3. The standard InChI is InChI=1S/C22H16N4O4S/c27-20(25(16-9-3-1-4-10-16)17-11-5-2-6-12-17)15-31-22-24-23-21(30-22)18-13-7-8-14-19(18)26(28)29/h1-14H,15H2. The van der Waals surface area contributed by atoms with E-state index in [0.29, 0.717) is 0 Å². The van der Waals surface area contributed by atoms with E-state index in [9.17, 15) is 14.9 Å². The van der Waals surface area contributed by atoms with Crippen LogP contribution in [0.4, 0.5) is 17.1 Å². The zero-order valence-corrected chi connectivity index (χ0v) is 16.9. The normalized spacial score (nSPS) is 10.6. The van der Waals surface area contributed by atoms with E-state index in [-0.39, 0.29) is 34.0 Å². The molecule has 4 aromatic rings. The van der Waals surface area contributed by atoms with Gasteiger partial charge in [0, 0.05) is 17.4 Å². The molecule has 0 aliphatic heterocycles. The zero-order chi connectivity index (χ0) is 21.6. The molecule has 0 saturated carbocycles. The number of nitrogens with zero attached hydrogens (tertiary/aromatic N) is 4. The Hall–Kier alpha value is -3.98. The van der Waals surface area contributed by atoms with Crippen LogP contribution in [0.5, 0.6) is 0 Å². The van der Waals surface area contributed by atoms with Gasteiger partial charge >= 0.3 is 0 Å². The van der Waals surface area contributed by atoms with Gasteiger partial charge in [0.05, 0.1) is 10.7 Å². The van der Waals surface area contributed by atoms with Crippen molar-refractivity contribution >= 4 is 34.7 Å². The fourth-order valence-electron chi connectivity index (χ4n) is 2.97. The number of thioether (sulfide) groups is 1. The Morgan fingerprint density at radius 1 is 0.903 bits per heavy atom. The molecule has 1 aromatic heterocycles. The maximum Gasteiger partial charge on any atom is 0.282 e. The minimum absolute atomic E-state index is 0.0326. The molecule has 0 atom stereocenters. The molecule has 4 rings (SSSR count). The SMILES string of the molecule is O=C(CSc1nnc(-c2ccccc2[N+](=O)[O-])o1)N(c1ccccc1)c1ccccc1. The van der Waals surface area contributed by atoms with Crippen LogP contribution < -0.4 is 4.90 Å². The summed E-state index contributed by atoms with van der Waals surface area (Å²) in [5.74, 6) is -0.0967. The van der Waals surface area contributed by atoms with E-state index in [0.717, 1.165) is 23.1 Å². The van der Waals surface area contributed by atoms with Crippen LogP contribution in [0.3, 0.4) is 0 Å². The summed E-state index contributed by atoms with van der Waals surface area (Å²) >= 11 is 1.07. The first-order valence-electron chi connectivity index (χ1n) is 9.26. The van der Waals surface area contributed by atoms with Gasteiger partial charge in [0.2, 0.25) is 5.91 Å². The molecule has 0 fully saturated rings. The molecule has 0 N–H and O–H groups in total. The molecule has 3 aromatic carbocycles. The van der Waals surface area contributed by atoms with Crippen LogP contribution in [0.25, 0.3) is 11.5 Å². The number of carbonyl (C=O) groups excluding carboxylic acids is 1. The van der Waals surface area contributed by atoms with Crippen molar-refractivity contribution in [1.29, 1.82) is 0 Å². The van der Waals surface area contributed by atoms with Crippen LogP contribution in [0.2, 0.25) is 0 Å². The lowest BCUT2D eigenvalue weighted by Gasteiger charge is -2.22. The second-order valence-corrected chi connectivity index (χ2v) is 7.26. The largest absolute Gasteiger partial charge is 0.411 e. The number of para-hydroxylation sites is 3. The van der Waals surface area contributed by atoms with Gasteiger partial charge in [-0.05, 0) is 30.3 Å². The summed E-state index contributed by atoms with van der Waals surface area (Å²) < 4.78 is 5.57. The van der Waals surface area contributed by atoms with Crippen LogP contribution in [0.1, 0.15) is 0 Å². The molecule has 0 radical (unpaired) electrons. The van der Waals surface area contributed by atoms with E-state index in [4.69, 9.17) is 4.42 Å². The van der Waals surface area contributed by atoms with Crippen molar-refractivity contribution in [1.82, 2.24) is 10.2 Å². The molecule has 31 heavy (non-hydrogen) atoms. The minimum atomic E-state index is -0.506. The number of carbonyl (C=O) groups is 1. The number of aromatic nitrogens is 2. The molecular formula is C22H16N4O4S. The van der Waals surface area contributed by atoms with Crippen LogP contribution in [-0.2, 0) is 4.79 Å². The quantitative estimate of drug-likeness (QED) is 0.227. The predicted molar refractivity (Wildman–Crippen MR) is 117 cm³/mol. The van der Waals surface area contributed by atoms with E-state index in [1.807, 2.05) is 60.7 Å². The summed E-state index contributed by atoms with van der Waals surface area (Å²) in [6.45, 7) is 0. The average Bonchev–Trinajstić information content (AvgIpc) is 3.28. The number of hydrogen-bond donors (Lipinski definition) is 0. The lowest BCUT2D eigenvalue weighted by Crippen LogP contribution is -2.27. The molecule has 0 aliphatic rings. The second-order valence-electron chi connectivity index (χ2n) is 6.34. The topological polar surface area (TPSA) is 102 Å². The number of anilines is 2. The molecule has 1 amide bonds. The number of benzene rings is 3. The lowest BCUT2D eigenvalue weighted by molar-refractivity contribution is -0.384. The smallest absolute Gasteiger partial charge is 0.282 e. The first-order valence-corrected chi connectivity index (χ1v) is 10.2. The van der Waals surface area contributed by atoms with Gasteiger partial charge in [0.25, 0.3) is 16.8 Å². The Kier molecular flexibility index (Phi) is 6.04. The second kappa shape index (κ2) is 9.23. The maximum atomic E-state index is 13.1. The van der Waals surface area contributed by atoms with E-state index in [1.54, 1.807) is 17.0 Å². The van der Waals surface area contributed by atoms with E-state index < -0.39 is 4.92 Å². The highest BCUT2D eigenvalue weighted by Crippen LogP contribution is 2.31. The van der Waals surface area contributed by atoms with E-state index in [2.05, 4.69) is 10.2 Å². The van der Waals surface area contributed by atoms with Crippen LogP contribution in [-0.4, -0.2) is 26.8 Å². The molecule has 0 saturated heterocycles. The van der Waals surface area contributed by atoms with Gasteiger partial charge in [-0.1, -0.05) is 60.3 Å². The van der Waals surface area contributed by atoms with Crippen molar-refractivity contribution in [2.75, 3.05) is 10.7 Å². The van der Waals surface area contributed by atoms with Crippen LogP contribution >= 0.6 is 11.8 Å². The molecule has 154 valence electrons. The monoisotopic (exact) mass is 432 g/mol. The van der Waals surface area contributed by atoms with Crippen molar-refractivity contribution in [2.45, 2.75) is 5.22 Å². The first-order chi connectivity index (χ1) is 15.1. The zero-order valence-electron chi connectivity index (χ0n) is 16.1. The lowest BCUT2D eigenvalue weighted by atomic mass is 10.2. The summed E-state index contributed by atoms with van der Waals surface area (Å²) in [5, 5.41) is 19.2. The number of nitro groups is 1. The van der Waals surface area contributed by atoms with Gasteiger partial charge in [-0.25, -0.2) is 0 Å². The van der Waals surface area contributed by atoms with Crippen molar-refractivity contribution < 1.29 is 14.1 Å². The Bertz CT molecular complexity index is 1160. The molecule has 0 unspecified atom stereocenters. The third kappa shape index (κ3) is 4.62. The number of nitro benzene ring substituents is 1. The average molecular weight is 432 g/mol. The van der Waals surface area contributed by atoms with Crippen molar-refractivity contribution in [3.63, 3.8) is 0 Å². The number of hydrogen-bond acceptors (Lipinski definition) is 7. The Labute approximate surface area is 181 Å². The Balaban J connectivity index is 1.53. The highest BCUT2D eigenvalue weighted by atomic mass is 32.2. The highest BCUT2D eigenvalue weighted by Gasteiger charge is 2.22. The molecular weight excluding hydrogens is 416 g/mol. The molecule has 1 heterocycles. The van der Waals surface area contributed by atoms with Gasteiger partial charge in [-0.15, -0.1) is 10.2 Å². The van der Waals surface area contributed by atoms with Gasteiger partial charge in [0.15, 0.2) is 0 Å². The fraction of sp³-hybridized carbons (Fsp3) is 0.0455. The summed E-state index contributed by atoms with van der Waals surface area (Å²) in [6.07, 6.45) is 0. The molecule has 8 nitrogen and oxygen atoms in total. The summed E-state index contributed by atoms with van der Waals surface area (Å²) in [5.41, 5.74) is 1.59. The molecule has 0 aliphatic carbocycles.